The number of benzene rings is 2. The standard InChI is InChI=1S/C17H16N4OS/c1-12-8-13(2)10-15(9-12)21-17(18-19-20-21)23-11-16(22)14-6-4-3-5-7-14/h3-10H,11H2,1-2H3. The van der Waals surface area contributed by atoms with Gasteiger partial charge in [0, 0.05) is 5.56 Å². The van der Waals surface area contributed by atoms with Crippen LogP contribution >= 0.6 is 11.8 Å². The fraction of sp³-hybridized carbons (Fsp3) is 0.176. The zero-order valence-corrected chi connectivity index (χ0v) is 13.7. The van der Waals surface area contributed by atoms with Crippen molar-refractivity contribution in [1.29, 1.82) is 0 Å². The van der Waals surface area contributed by atoms with E-state index in [1.807, 2.05) is 56.3 Å². The second kappa shape index (κ2) is 6.75. The zero-order valence-electron chi connectivity index (χ0n) is 12.9. The van der Waals surface area contributed by atoms with Crippen molar-refractivity contribution < 1.29 is 4.79 Å². The molecule has 0 amide bonds. The first-order valence-corrected chi connectivity index (χ1v) is 8.20. The van der Waals surface area contributed by atoms with Crippen LogP contribution in [0, 0.1) is 13.8 Å². The van der Waals surface area contributed by atoms with Gasteiger partial charge in [0.15, 0.2) is 5.78 Å². The third kappa shape index (κ3) is 3.65. The van der Waals surface area contributed by atoms with E-state index in [9.17, 15) is 4.79 Å². The highest BCUT2D eigenvalue weighted by Gasteiger charge is 2.13. The molecule has 0 aliphatic heterocycles. The van der Waals surface area contributed by atoms with Crippen LogP contribution < -0.4 is 0 Å². The van der Waals surface area contributed by atoms with E-state index in [-0.39, 0.29) is 5.78 Å². The fourth-order valence-corrected chi connectivity index (χ4v) is 3.13. The number of tetrazole rings is 1. The highest BCUT2D eigenvalue weighted by Crippen LogP contribution is 2.21. The highest BCUT2D eigenvalue weighted by molar-refractivity contribution is 7.99. The van der Waals surface area contributed by atoms with Crippen molar-refractivity contribution in [2.24, 2.45) is 0 Å². The molecule has 0 saturated carbocycles. The minimum atomic E-state index is 0.0607. The maximum absolute atomic E-state index is 12.2. The van der Waals surface area contributed by atoms with Gasteiger partial charge in [-0.2, -0.15) is 4.68 Å². The number of carbonyl (C=O) groups is 1. The maximum atomic E-state index is 12.2. The first-order chi connectivity index (χ1) is 11.1. The predicted molar refractivity (Wildman–Crippen MR) is 90.1 cm³/mol. The van der Waals surface area contributed by atoms with Gasteiger partial charge in [0.2, 0.25) is 5.16 Å². The van der Waals surface area contributed by atoms with Gasteiger partial charge < -0.3 is 0 Å². The van der Waals surface area contributed by atoms with E-state index in [2.05, 4.69) is 21.6 Å². The molecule has 0 N–H and O–H groups in total. The summed E-state index contributed by atoms with van der Waals surface area (Å²) in [7, 11) is 0. The molecular formula is C17H16N4OS. The van der Waals surface area contributed by atoms with E-state index in [1.54, 1.807) is 4.68 Å². The van der Waals surface area contributed by atoms with Crippen molar-refractivity contribution in [1.82, 2.24) is 20.2 Å². The Kier molecular flexibility index (Phi) is 4.52. The van der Waals surface area contributed by atoms with Crippen LogP contribution in [0.1, 0.15) is 21.5 Å². The topological polar surface area (TPSA) is 60.7 Å². The molecule has 5 nitrogen and oxygen atoms in total. The van der Waals surface area contributed by atoms with Gasteiger partial charge in [-0.05, 0) is 47.5 Å². The molecule has 1 heterocycles. The normalized spacial score (nSPS) is 10.7. The van der Waals surface area contributed by atoms with Crippen LogP contribution in [-0.4, -0.2) is 31.7 Å². The van der Waals surface area contributed by atoms with Crippen LogP contribution in [0.15, 0.2) is 53.7 Å². The number of aryl methyl sites for hydroxylation is 2. The fourth-order valence-electron chi connectivity index (χ4n) is 2.34. The van der Waals surface area contributed by atoms with Gasteiger partial charge in [-0.25, -0.2) is 0 Å². The second-order valence-electron chi connectivity index (χ2n) is 5.30. The summed E-state index contributed by atoms with van der Waals surface area (Å²) in [5.41, 5.74) is 3.89. The Labute approximate surface area is 138 Å². The Morgan fingerprint density at radius 2 is 1.78 bits per heavy atom. The molecule has 116 valence electrons. The average molecular weight is 324 g/mol. The van der Waals surface area contributed by atoms with Crippen LogP contribution in [0.4, 0.5) is 0 Å². The maximum Gasteiger partial charge on any atom is 0.214 e. The van der Waals surface area contributed by atoms with E-state index in [0.717, 1.165) is 16.8 Å². The molecule has 0 fully saturated rings. The summed E-state index contributed by atoms with van der Waals surface area (Å²) >= 11 is 1.34. The summed E-state index contributed by atoms with van der Waals surface area (Å²) in [4.78, 5) is 12.2. The molecule has 0 aliphatic carbocycles. The van der Waals surface area contributed by atoms with E-state index in [4.69, 9.17) is 0 Å². The van der Waals surface area contributed by atoms with Crippen molar-refractivity contribution in [2.75, 3.05) is 5.75 Å². The van der Waals surface area contributed by atoms with Crippen molar-refractivity contribution >= 4 is 17.5 Å². The number of aromatic nitrogens is 4. The van der Waals surface area contributed by atoms with Crippen molar-refractivity contribution in [3.63, 3.8) is 0 Å². The summed E-state index contributed by atoms with van der Waals surface area (Å²) in [5, 5.41) is 12.4. The lowest BCUT2D eigenvalue weighted by Gasteiger charge is -2.06. The van der Waals surface area contributed by atoms with Gasteiger partial charge in [0.05, 0.1) is 11.4 Å². The molecule has 0 bridgehead atoms. The number of rotatable bonds is 5. The first-order valence-electron chi connectivity index (χ1n) is 7.21. The highest BCUT2D eigenvalue weighted by atomic mass is 32.2. The number of nitrogens with zero attached hydrogens (tertiary/aromatic N) is 4. The Balaban J connectivity index is 1.78. The lowest BCUT2D eigenvalue weighted by molar-refractivity contribution is 0.102. The SMILES string of the molecule is Cc1cc(C)cc(-n2nnnc2SCC(=O)c2ccccc2)c1. The number of carbonyl (C=O) groups excluding carboxylic acids is 1. The van der Waals surface area contributed by atoms with Crippen LogP contribution in [0.2, 0.25) is 0 Å². The predicted octanol–water partition coefficient (Wildman–Crippen LogP) is 3.25. The number of ketones is 1. The summed E-state index contributed by atoms with van der Waals surface area (Å²) in [6.45, 7) is 4.07. The monoisotopic (exact) mass is 324 g/mol. The second-order valence-corrected chi connectivity index (χ2v) is 6.24. The molecule has 0 unspecified atom stereocenters. The molecule has 1 aromatic heterocycles. The quantitative estimate of drug-likeness (QED) is 0.532. The van der Waals surface area contributed by atoms with Crippen LogP contribution in [-0.2, 0) is 0 Å². The summed E-state index contributed by atoms with van der Waals surface area (Å²) in [6.07, 6.45) is 0. The minimum absolute atomic E-state index is 0.0607. The largest absolute Gasteiger partial charge is 0.293 e. The van der Waals surface area contributed by atoms with Gasteiger partial charge in [-0.15, -0.1) is 5.10 Å². The molecule has 0 radical (unpaired) electrons. The smallest absolute Gasteiger partial charge is 0.214 e. The Hall–Kier alpha value is -2.47. The average Bonchev–Trinajstić information content (AvgIpc) is 3.01. The van der Waals surface area contributed by atoms with E-state index in [0.29, 0.717) is 16.5 Å². The van der Waals surface area contributed by atoms with Gasteiger partial charge in [0.1, 0.15) is 0 Å². The lowest BCUT2D eigenvalue weighted by atomic mass is 10.1. The Morgan fingerprint density at radius 1 is 1.09 bits per heavy atom. The number of hydrogen-bond acceptors (Lipinski definition) is 5. The first kappa shape index (κ1) is 15.4. The van der Waals surface area contributed by atoms with Gasteiger partial charge in [0.25, 0.3) is 0 Å². The van der Waals surface area contributed by atoms with E-state index >= 15 is 0 Å². The number of Topliss-reactive ketones (excluding diaryl/α,β-unsaturated/α-hetero) is 1. The molecule has 0 saturated heterocycles. The van der Waals surface area contributed by atoms with Crippen molar-refractivity contribution in [3.05, 3.63) is 65.2 Å². The molecule has 6 heteroatoms. The number of thioether (sulfide) groups is 1. The summed E-state index contributed by atoms with van der Waals surface area (Å²) < 4.78 is 1.67. The third-order valence-electron chi connectivity index (χ3n) is 3.32. The number of hydrogen-bond donors (Lipinski definition) is 0. The molecule has 2 aromatic carbocycles. The van der Waals surface area contributed by atoms with E-state index < -0.39 is 0 Å². The summed E-state index contributed by atoms with van der Waals surface area (Å²) in [6, 6.07) is 15.4. The molecule has 0 atom stereocenters. The van der Waals surface area contributed by atoms with Crippen molar-refractivity contribution in [2.45, 2.75) is 19.0 Å². The zero-order chi connectivity index (χ0) is 16.2. The minimum Gasteiger partial charge on any atom is -0.293 e. The molecule has 0 aliphatic rings. The molecule has 3 aromatic rings. The van der Waals surface area contributed by atoms with Crippen LogP contribution in [0.3, 0.4) is 0 Å². The molecular weight excluding hydrogens is 308 g/mol. The third-order valence-corrected chi connectivity index (χ3v) is 4.24. The van der Waals surface area contributed by atoms with Crippen LogP contribution in [0.5, 0.6) is 0 Å². The van der Waals surface area contributed by atoms with Gasteiger partial charge >= 0.3 is 0 Å². The lowest BCUT2D eigenvalue weighted by Crippen LogP contribution is -2.05. The molecule has 3 rings (SSSR count). The Bertz CT molecular complexity index is 809. The molecule has 0 spiro atoms. The van der Waals surface area contributed by atoms with Gasteiger partial charge in [-0.1, -0.05) is 48.2 Å². The summed E-state index contributed by atoms with van der Waals surface area (Å²) in [5.74, 6) is 0.361. The van der Waals surface area contributed by atoms with Crippen molar-refractivity contribution in [3.8, 4) is 5.69 Å². The molecule has 23 heavy (non-hydrogen) atoms. The Morgan fingerprint density at radius 3 is 2.48 bits per heavy atom. The van der Waals surface area contributed by atoms with Crippen LogP contribution in [0.25, 0.3) is 5.69 Å². The van der Waals surface area contributed by atoms with E-state index in [1.165, 1.54) is 11.8 Å². The van der Waals surface area contributed by atoms with Gasteiger partial charge in [-0.3, -0.25) is 4.79 Å².